The Morgan fingerprint density at radius 1 is 1.10 bits per heavy atom. The number of hydrogen-bond acceptors (Lipinski definition) is 5. The molecule has 1 fully saturated rings. The number of hydrogen-bond donors (Lipinski definition) is 2. The molecule has 0 spiro atoms. The van der Waals surface area contributed by atoms with E-state index in [9.17, 15) is 5.11 Å². The van der Waals surface area contributed by atoms with Crippen molar-refractivity contribution >= 4 is 28.9 Å². The fourth-order valence-electron chi connectivity index (χ4n) is 3.95. The first-order chi connectivity index (χ1) is 14.5. The van der Waals surface area contributed by atoms with E-state index in [2.05, 4.69) is 22.3 Å². The molecule has 2 N–H and O–H groups in total. The van der Waals surface area contributed by atoms with Gasteiger partial charge in [-0.25, -0.2) is 9.97 Å². The van der Waals surface area contributed by atoms with Crippen molar-refractivity contribution in [2.75, 3.05) is 16.8 Å². The second kappa shape index (κ2) is 7.89. The molecule has 0 bridgehead atoms. The Hall–Kier alpha value is -2.63. The van der Waals surface area contributed by atoms with Gasteiger partial charge in [-0.1, -0.05) is 35.9 Å². The minimum Gasteiger partial charge on any atom is -0.389 e. The molecule has 5 nitrogen and oxygen atoms in total. The number of rotatable bonds is 5. The minimum atomic E-state index is -0.434. The van der Waals surface area contributed by atoms with Crippen molar-refractivity contribution in [3.8, 4) is 0 Å². The van der Waals surface area contributed by atoms with Crippen molar-refractivity contribution in [1.82, 2.24) is 9.97 Å². The summed E-state index contributed by atoms with van der Waals surface area (Å²) in [5.74, 6) is 3.16. The highest BCUT2D eigenvalue weighted by atomic mass is 35.5. The smallest absolute Gasteiger partial charge is 0.136 e. The van der Waals surface area contributed by atoms with Crippen LogP contribution in [0.2, 0.25) is 5.02 Å². The number of fused-ring (bicyclic) bond motifs is 1. The van der Waals surface area contributed by atoms with Crippen LogP contribution in [0.25, 0.3) is 0 Å². The quantitative estimate of drug-likeness (QED) is 0.581. The van der Waals surface area contributed by atoms with Gasteiger partial charge < -0.3 is 15.3 Å². The number of benzene rings is 2. The first-order valence-electron chi connectivity index (χ1n) is 10.5. The summed E-state index contributed by atoms with van der Waals surface area (Å²) in [6.07, 6.45) is 2.82. The molecular formula is C24H25ClN4O. The zero-order chi connectivity index (χ0) is 20.7. The van der Waals surface area contributed by atoms with Crippen molar-refractivity contribution in [2.45, 2.75) is 44.8 Å². The topological polar surface area (TPSA) is 61.3 Å². The van der Waals surface area contributed by atoms with Crippen LogP contribution in [0.3, 0.4) is 0 Å². The minimum absolute atomic E-state index is 0.434. The molecule has 1 saturated carbocycles. The first-order valence-corrected chi connectivity index (χ1v) is 10.9. The molecule has 1 aliphatic heterocycles. The largest absolute Gasteiger partial charge is 0.389 e. The monoisotopic (exact) mass is 420 g/mol. The molecule has 5 rings (SSSR count). The maximum Gasteiger partial charge on any atom is 0.136 e. The van der Waals surface area contributed by atoms with Crippen molar-refractivity contribution < 1.29 is 5.11 Å². The maximum absolute atomic E-state index is 9.87. The van der Waals surface area contributed by atoms with E-state index in [-0.39, 0.29) is 0 Å². The average molecular weight is 421 g/mol. The van der Waals surface area contributed by atoms with Crippen LogP contribution in [-0.2, 0) is 13.0 Å². The predicted molar refractivity (Wildman–Crippen MR) is 121 cm³/mol. The molecule has 2 aromatic carbocycles. The maximum atomic E-state index is 9.87. The second-order valence-corrected chi connectivity index (χ2v) is 8.69. The third kappa shape index (κ3) is 4.13. The Bertz CT molecular complexity index is 1080. The summed E-state index contributed by atoms with van der Waals surface area (Å²) in [4.78, 5) is 12.0. The molecule has 2 heterocycles. The number of aliphatic hydroxyl groups excluding tert-OH is 1. The first kappa shape index (κ1) is 19.3. The van der Waals surface area contributed by atoms with Crippen LogP contribution in [0.5, 0.6) is 0 Å². The Kier molecular flexibility index (Phi) is 5.09. The van der Waals surface area contributed by atoms with E-state index in [0.717, 1.165) is 61.1 Å². The van der Waals surface area contributed by atoms with Crippen molar-refractivity contribution in [3.63, 3.8) is 0 Å². The van der Waals surface area contributed by atoms with Gasteiger partial charge in [0.15, 0.2) is 0 Å². The van der Waals surface area contributed by atoms with E-state index in [4.69, 9.17) is 21.6 Å². The Morgan fingerprint density at radius 3 is 2.73 bits per heavy atom. The van der Waals surface area contributed by atoms with E-state index in [1.807, 2.05) is 43.3 Å². The second-order valence-electron chi connectivity index (χ2n) is 8.25. The Morgan fingerprint density at radius 2 is 1.97 bits per heavy atom. The van der Waals surface area contributed by atoms with Crippen molar-refractivity contribution in [2.24, 2.45) is 0 Å². The number of nitrogens with one attached hydrogen (secondary N) is 1. The van der Waals surface area contributed by atoms with Gasteiger partial charge in [0, 0.05) is 35.8 Å². The van der Waals surface area contributed by atoms with Crippen molar-refractivity contribution in [3.05, 3.63) is 76.1 Å². The zero-order valence-corrected chi connectivity index (χ0v) is 17.7. The van der Waals surface area contributed by atoms with Gasteiger partial charge in [-0.3, -0.25) is 0 Å². The lowest BCUT2D eigenvalue weighted by Gasteiger charge is -2.30. The SMILES string of the molecule is C[C@@H](O)c1ccc2c(c1)CCN(c1cc(Nc3cccc(Cl)c3)nc(C3CC3)n1)C2. The van der Waals surface area contributed by atoms with Gasteiger partial charge in [0.2, 0.25) is 0 Å². The summed E-state index contributed by atoms with van der Waals surface area (Å²) in [5, 5.41) is 14.0. The van der Waals surface area contributed by atoms with Gasteiger partial charge in [-0.05, 0) is 61.1 Å². The van der Waals surface area contributed by atoms with E-state index in [1.165, 1.54) is 11.1 Å². The summed E-state index contributed by atoms with van der Waals surface area (Å²) in [7, 11) is 0. The summed E-state index contributed by atoms with van der Waals surface area (Å²) >= 11 is 6.14. The molecule has 3 aromatic rings. The highest BCUT2D eigenvalue weighted by Gasteiger charge is 2.28. The molecule has 30 heavy (non-hydrogen) atoms. The summed E-state index contributed by atoms with van der Waals surface area (Å²) in [6, 6.07) is 16.0. The summed E-state index contributed by atoms with van der Waals surface area (Å²) in [5.41, 5.74) is 4.51. The van der Waals surface area contributed by atoms with Gasteiger partial charge in [0.1, 0.15) is 17.5 Å². The summed E-state index contributed by atoms with van der Waals surface area (Å²) < 4.78 is 0. The fraction of sp³-hybridized carbons (Fsp3) is 0.333. The average Bonchev–Trinajstić information content (AvgIpc) is 3.58. The van der Waals surface area contributed by atoms with Crippen LogP contribution in [0, 0.1) is 0 Å². The molecule has 0 unspecified atom stereocenters. The zero-order valence-electron chi connectivity index (χ0n) is 17.0. The fourth-order valence-corrected chi connectivity index (χ4v) is 4.14. The third-order valence-electron chi connectivity index (χ3n) is 5.82. The van der Waals surface area contributed by atoms with Crippen molar-refractivity contribution in [1.29, 1.82) is 0 Å². The van der Waals surface area contributed by atoms with Crippen LogP contribution in [0.15, 0.2) is 48.5 Å². The molecule has 1 aliphatic carbocycles. The van der Waals surface area contributed by atoms with E-state index in [0.29, 0.717) is 10.9 Å². The van der Waals surface area contributed by atoms with Crippen LogP contribution >= 0.6 is 11.6 Å². The van der Waals surface area contributed by atoms with E-state index < -0.39 is 6.10 Å². The summed E-state index contributed by atoms with van der Waals surface area (Å²) in [6.45, 7) is 3.52. The highest BCUT2D eigenvalue weighted by molar-refractivity contribution is 6.30. The lowest BCUT2D eigenvalue weighted by atomic mass is 9.96. The molecule has 0 amide bonds. The molecular weight excluding hydrogens is 396 g/mol. The number of halogens is 1. The van der Waals surface area contributed by atoms with E-state index >= 15 is 0 Å². The number of aliphatic hydroxyl groups is 1. The number of anilines is 3. The number of nitrogens with zero attached hydrogens (tertiary/aromatic N) is 3. The number of aromatic nitrogens is 2. The van der Waals surface area contributed by atoms with Gasteiger partial charge in [-0.15, -0.1) is 0 Å². The third-order valence-corrected chi connectivity index (χ3v) is 6.05. The van der Waals surface area contributed by atoms with Crippen LogP contribution in [-0.4, -0.2) is 21.6 Å². The molecule has 0 radical (unpaired) electrons. The molecule has 2 aliphatic rings. The standard InChI is InChI=1S/C24H25ClN4O/c1-15(30)17-7-8-19-14-29(10-9-18(19)11-17)23-13-22(27-24(28-23)16-5-6-16)26-21-4-2-3-20(25)12-21/h2-4,7-8,11-13,15-16,30H,5-6,9-10,14H2,1H3,(H,26,27,28)/t15-/m1/s1. The van der Waals surface area contributed by atoms with E-state index in [1.54, 1.807) is 0 Å². The highest BCUT2D eigenvalue weighted by Crippen LogP contribution is 2.40. The molecule has 1 aromatic heterocycles. The molecule has 0 saturated heterocycles. The Balaban J connectivity index is 1.43. The van der Waals surface area contributed by atoms with Gasteiger partial charge in [0.05, 0.1) is 6.10 Å². The normalized spacial score (nSPS) is 16.8. The van der Waals surface area contributed by atoms with Crippen LogP contribution in [0.1, 0.15) is 54.3 Å². The molecule has 6 heteroatoms. The lowest BCUT2D eigenvalue weighted by Crippen LogP contribution is -2.31. The lowest BCUT2D eigenvalue weighted by molar-refractivity contribution is 0.199. The molecule has 154 valence electrons. The van der Waals surface area contributed by atoms with Gasteiger partial charge >= 0.3 is 0 Å². The van der Waals surface area contributed by atoms with Gasteiger partial charge in [0.25, 0.3) is 0 Å². The van der Waals surface area contributed by atoms with Crippen LogP contribution in [0.4, 0.5) is 17.3 Å². The van der Waals surface area contributed by atoms with Crippen LogP contribution < -0.4 is 10.2 Å². The predicted octanol–water partition coefficient (Wildman–Crippen LogP) is 5.37. The Labute approximate surface area is 181 Å². The van der Waals surface area contributed by atoms with Gasteiger partial charge in [-0.2, -0.15) is 0 Å². The molecule has 1 atom stereocenters.